The first-order valence-electron chi connectivity index (χ1n) is 9.00. The number of aliphatic imine (C=N–C) groups is 1. The van der Waals surface area contributed by atoms with Crippen molar-refractivity contribution in [2.24, 2.45) is 4.99 Å². The number of nitro benzene ring substituents is 1. The number of furan rings is 1. The fraction of sp³-hybridized carbons (Fsp3) is 0.0476. The summed E-state index contributed by atoms with van der Waals surface area (Å²) >= 11 is 0.953. The van der Waals surface area contributed by atoms with Crippen molar-refractivity contribution in [3.05, 3.63) is 87.0 Å². The van der Waals surface area contributed by atoms with E-state index in [1.54, 1.807) is 18.2 Å². The van der Waals surface area contributed by atoms with Gasteiger partial charge in [0.05, 0.1) is 21.1 Å². The number of amidine groups is 1. The van der Waals surface area contributed by atoms with Crippen molar-refractivity contribution in [3.63, 3.8) is 0 Å². The molecule has 7 nitrogen and oxygen atoms in total. The molecule has 1 aromatic heterocycles. The fourth-order valence-corrected chi connectivity index (χ4v) is 3.66. The normalized spacial score (nSPS) is 16.5. The number of carbonyl (C=O) groups is 1. The third-order valence-electron chi connectivity index (χ3n) is 4.30. The molecule has 4 rings (SSSR count). The molecule has 0 radical (unpaired) electrons. The van der Waals surface area contributed by atoms with Gasteiger partial charge in [-0.05, 0) is 42.1 Å². The van der Waals surface area contributed by atoms with Gasteiger partial charge in [-0.25, -0.2) is 4.99 Å². The van der Waals surface area contributed by atoms with Gasteiger partial charge in [0.1, 0.15) is 11.5 Å². The number of amides is 1. The van der Waals surface area contributed by atoms with Crippen LogP contribution in [0.25, 0.3) is 17.4 Å². The molecule has 0 atom stereocenters. The molecular weight excluding hydrogens is 447 g/mol. The summed E-state index contributed by atoms with van der Waals surface area (Å²) < 4.78 is 44.2. The van der Waals surface area contributed by atoms with Crippen molar-refractivity contribution in [2.75, 3.05) is 0 Å². The second kappa shape index (κ2) is 8.35. The molecule has 0 spiro atoms. The first-order valence-corrected chi connectivity index (χ1v) is 9.82. The number of benzene rings is 2. The van der Waals surface area contributed by atoms with E-state index >= 15 is 0 Å². The van der Waals surface area contributed by atoms with Gasteiger partial charge in [0.15, 0.2) is 5.17 Å². The molecule has 0 saturated carbocycles. The lowest BCUT2D eigenvalue weighted by Crippen LogP contribution is -2.19. The summed E-state index contributed by atoms with van der Waals surface area (Å²) in [5.41, 5.74) is -0.373. The maximum atomic E-state index is 12.9. The number of hydrogen-bond acceptors (Lipinski definition) is 6. The summed E-state index contributed by atoms with van der Waals surface area (Å²) in [5.74, 6) is 0.223. The molecule has 11 heteroatoms. The number of thioether (sulfide) groups is 1. The summed E-state index contributed by atoms with van der Waals surface area (Å²) in [5, 5.41) is 13.6. The van der Waals surface area contributed by atoms with Crippen molar-refractivity contribution in [2.45, 2.75) is 6.18 Å². The molecular formula is C21H12F3N3O4S. The highest BCUT2D eigenvalue weighted by atomic mass is 32.2. The Balaban J connectivity index is 1.54. The third-order valence-corrected chi connectivity index (χ3v) is 5.21. The highest BCUT2D eigenvalue weighted by Crippen LogP contribution is 2.33. The van der Waals surface area contributed by atoms with Crippen LogP contribution in [-0.2, 0) is 11.0 Å². The van der Waals surface area contributed by atoms with E-state index in [4.69, 9.17) is 4.42 Å². The van der Waals surface area contributed by atoms with Crippen molar-refractivity contribution >= 4 is 40.3 Å². The van der Waals surface area contributed by atoms with Crippen LogP contribution in [0.4, 0.5) is 24.5 Å². The largest absolute Gasteiger partial charge is 0.457 e. The zero-order chi connectivity index (χ0) is 22.9. The number of nitrogens with zero attached hydrogens (tertiary/aromatic N) is 2. The van der Waals surface area contributed by atoms with Gasteiger partial charge in [0, 0.05) is 23.8 Å². The number of alkyl halides is 3. The molecule has 3 aromatic rings. The van der Waals surface area contributed by atoms with E-state index in [9.17, 15) is 28.1 Å². The van der Waals surface area contributed by atoms with E-state index in [-0.39, 0.29) is 21.4 Å². The Bertz CT molecular complexity index is 1280. The fourth-order valence-electron chi connectivity index (χ4n) is 2.84. The van der Waals surface area contributed by atoms with Crippen LogP contribution in [0.5, 0.6) is 0 Å². The molecule has 1 aliphatic heterocycles. The lowest BCUT2D eigenvalue weighted by molar-refractivity contribution is -0.384. The second-order valence-corrected chi connectivity index (χ2v) is 7.57. The van der Waals surface area contributed by atoms with E-state index in [2.05, 4.69) is 10.3 Å². The van der Waals surface area contributed by atoms with Crippen LogP contribution >= 0.6 is 11.8 Å². The van der Waals surface area contributed by atoms with Crippen LogP contribution in [0.1, 0.15) is 11.3 Å². The Kier molecular flexibility index (Phi) is 5.57. The van der Waals surface area contributed by atoms with Crippen LogP contribution in [0.2, 0.25) is 0 Å². The molecule has 0 unspecified atom stereocenters. The maximum Gasteiger partial charge on any atom is 0.416 e. The van der Waals surface area contributed by atoms with Crippen LogP contribution < -0.4 is 5.32 Å². The number of rotatable bonds is 4. The standard InChI is InChI=1S/C21H12F3N3O4S/c22-21(23,24)13-4-2-5-14(10-13)25-20-26-19(28)18(32-20)11-16-7-8-17(31-16)12-3-1-6-15(9-12)27(29)30/h1-11H,(H,25,26,28)/b18-11+. The van der Waals surface area contributed by atoms with Gasteiger partial charge < -0.3 is 9.73 Å². The van der Waals surface area contributed by atoms with Crippen molar-refractivity contribution < 1.29 is 27.3 Å². The molecule has 162 valence electrons. The zero-order valence-corrected chi connectivity index (χ0v) is 16.7. The Morgan fingerprint density at radius 2 is 1.88 bits per heavy atom. The SMILES string of the molecule is O=C1NC(=Nc2cccc(C(F)(F)F)c2)S/C1=C/c1ccc(-c2cccc([N+](=O)[O-])c2)o1. The zero-order valence-electron chi connectivity index (χ0n) is 15.9. The average molecular weight is 459 g/mol. The van der Waals surface area contributed by atoms with Gasteiger partial charge in [-0.1, -0.05) is 18.2 Å². The van der Waals surface area contributed by atoms with E-state index in [0.717, 1.165) is 23.9 Å². The van der Waals surface area contributed by atoms with Crippen LogP contribution in [-0.4, -0.2) is 16.0 Å². The third kappa shape index (κ3) is 4.72. The molecule has 32 heavy (non-hydrogen) atoms. The highest BCUT2D eigenvalue weighted by molar-refractivity contribution is 8.18. The number of hydrogen-bond donors (Lipinski definition) is 1. The molecule has 2 aromatic carbocycles. The Hall–Kier alpha value is -3.86. The van der Waals surface area contributed by atoms with Crippen molar-refractivity contribution in [1.82, 2.24) is 5.32 Å². The Morgan fingerprint density at radius 3 is 2.62 bits per heavy atom. The molecule has 1 fully saturated rings. The lowest BCUT2D eigenvalue weighted by atomic mass is 10.1. The van der Waals surface area contributed by atoms with E-state index in [1.807, 2.05) is 0 Å². The predicted octanol–water partition coefficient (Wildman–Crippen LogP) is 5.77. The van der Waals surface area contributed by atoms with Gasteiger partial charge in [-0.2, -0.15) is 13.2 Å². The van der Waals surface area contributed by atoms with Gasteiger partial charge >= 0.3 is 6.18 Å². The van der Waals surface area contributed by atoms with Crippen LogP contribution in [0.15, 0.2) is 75.0 Å². The molecule has 2 heterocycles. The lowest BCUT2D eigenvalue weighted by Gasteiger charge is -2.06. The number of nitrogens with one attached hydrogen (secondary N) is 1. The van der Waals surface area contributed by atoms with Gasteiger partial charge in [0.2, 0.25) is 0 Å². The van der Waals surface area contributed by atoms with Gasteiger partial charge in [0.25, 0.3) is 11.6 Å². The number of carbonyl (C=O) groups excluding carboxylic acids is 1. The van der Waals surface area contributed by atoms with Gasteiger partial charge in [-0.15, -0.1) is 0 Å². The quantitative estimate of drug-likeness (QED) is 0.304. The van der Waals surface area contributed by atoms with Crippen LogP contribution in [0, 0.1) is 10.1 Å². The van der Waals surface area contributed by atoms with Gasteiger partial charge in [-0.3, -0.25) is 14.9 Å². The molecule has 0 aliphatic carbocycles. The van der Waals surface area contributed by atoms with E-state index in [1.165, 1.54) is 36.4 Å². The minimum Gasteiger partial charge on any atom is -0.457 e. The highest BCUT2D eigenvalue weighted by Gasteiger charge is 2.30. The molecule has 1 saturated heterocycles. The summed E-state index contributed by atoms with van der Waals surface area (Å²) in [4.78, 5) is 26.9. The predicted molar refractivity (Wildman–Crippen MR) is 113 cm³/mol. The molecule has 0 bridgehead atoms. The summed E-state index contributed by atoms with van der Waals surface area (Å²) in [6.07, 6.45) is -3.04. The Labute approximate surface area is 182 Å². The monoisotopic (exact) mass is 459 g/mol. The van der Waals surface area contributed by atoms with Crippen molar-refractivity contribution in [1.29, 1.82) is 0 Å². The smallest absolute Gasteiger partial charge is 0.416 e. The number of non-ortho nitro benzene ring substituents is 1. The first-order chi connectivity index (χ1) is 15.2. The maximum absolute atomic E-state index is 12.9. The van der Waals surface area contributed by atoms with E-state index < -0.39 is 22.6 Å². The first kappa shape index (κ1) is 21.4. The molecule has 1 amide bonds. The molecule has 1 N–H and O–H groups in total. The minimum atomic E-state index is -4.50. The number of halogens is 3. The van der Waals surface area contributed by atoms with E-state index in [0.29, 0.717) is 17.1 Å². The second-order valence-electron chi connectivity index (χ2n) is 6.54. The average Bonchev–Trinajstić information content (AvgIpc) is 3.34. The Morgan fingerprint density at radius 1 is 1.09 bits per heavy atom. The number of nitro groups is 1. The summed E-state index contributed by atoms with van der Waals surface area (Å²) in [7, 11) is 0. The van der Waals surface area contributed by atoms with Crippen molar-refractivity contribution in [3.8, 4) is 11.3 Å². The summed E-state index contributed by atoms with van der Waals surface area (Å²) in [6, 6.07) is 13.6. The topological polar surface area (TPSA) is 97.7 Å². The minimum absolute atomic E-state index is 0.0508. The van der Waals surface area contributed by atoms with Crippen LogP contribution in [0.3, 0.4) is 0 Å². The summed E-state index contributed by atoms with van der Waals surface area (Å²) in [6.45, 7) is 0. The molecule has 1 aliphatic rings.